The number of aromatic hydroxyl groups is 1. The maximum atomic E-state index is 10.3. The van der Waals surface area contributed by atoms with Gasteiger partial charge in [-0.1, -0.05) is 42.5 Å². The number of aliphatic hydroxyl groups excluding tert-OH is 1. The topological polar surface area (TPSA) is 89.8 Å². The Hall–Kier alpha value is -2.37. The van der Waals surface area contributed by atoms with Gasteiger partial charge >= 0.3 is 5.97 Å². The van der Waals surface area contributed by atoms with Crippen molar-refractivity contribution in [2.75, 3.05) is 7.05 Å². The Labute approximate surface area is 129 Å². The number of nitrogens with one attached hydrogen (secondary N) is 1. The number of likely N-dealkylation sites (N-methyl/N-ethyl adjacent to an activating group) is 1. The zero-order valence-electron chi connectivity index (χ0n) is 12.6. The van der Waals surface area contributed by atoms with Crippen molar-refractivity contribution in [1.29, 1.82) is 0 Å². The predicted molar refractivity (Wildman–Crippen MR) is 85.0 cm³/mol. The Morgan fingerprint density at radius 2 is 1.59 bits per heavy atom. The van der Waals surface area contributed by atoms with E-state index in [1.807, 2.05) is 44.3 Å². The zero-order valence-corrected chi connectivity index (χ0v) is 12.6. The number of carboxylic acids is 1. The number of aliphatic hydroxyl groups is 1. The Kier molecular flexibility index (Phi) is 7.08. The Morgan fingerprint density at radius 3 is 2.05 bits per heavy atom. The Bertz CT molecular complexity index is 586. The smallest absolute Gasteiger partial charge is 0.339 e. The highest BCUT2D eigenvalue weighted by molar-refractivity contribution is 5.90. The number of benzene rings is 2. The summed E-state index contributed by atoms with van der Waals surface area (Å²) in [6.45, 7) is 1.96. The molecule has 118 valence electrons. The number of carbonyl (C=O) groups is 1. The van der Waals surface area contributed by atoms with E-state index < -0.39 is 12.1 Å². The van der Waals surface area contributed by atoms with Crippen molar-refractivity contribution in [2.45, 2.75) is 19.1 Å². The summed E-state index contributed by atoms with van der Waals surface area (Å²) in [5.74, 6) is -1.31. The quantitative estimate of drug-likeness (QED) is 0.696. The minimum Gasteiger partial charge on any atom is -0.507 e. The largest absolute Gasteiger partial charge is 0.507 e. The molecule has 0 aliphatic carbocycles. The van der Waals surface area contributed by atoms with Crippen LogP contribution in [0.2, 0.25) is 0 Å². The third-order valence-corrected chi connectivity index (χ3v) is 3.20. The fourth-order valence-corrected chi connectivity index (χ4v) is 1.75. The molecule has 0 aromatic heterocycles. The van der Waals surface area contributed by atoms with Gasteiger partial charge in [-0.25, -0.2) is 4.79 Å². The lowest BCUT2D eigenvalue weighted by atomic mass is 10.0. The standard InChI is InChI=1S/C10H15NO.C7H6O3/c1-8(11-2)10(12)9-6-4-3-5-7-9;8-6-4-2-1-3-5(6)7(9)10/h3-8,10-12H,1-2H3;1-4,8H,(H,9,10)/t8-,10+;/m1./s1. The summed E-state index contributed by atoms with van der Waals surface area (Å²) < 4.78 is 0. The molecule has 0 amide bonds. The van der Waals surface area contributed by atoms with Crippen molar-refractivity contribution < 1.29 is 20.1 Å². The third-order valence-electron chi connectivity index (χ3n) is 3.20. The average molecular weight is 303 g/mol. The van der Waals surface area contributed by atoms with Crippen LogP contribution in [0, 0.1) is 0 Å². The van der Waals surface area contributed by atoms with Gasteiger partial charge in [0.2, 0.25) is 0 Å². The number of carboxylic acid groups (broad SMARTS) is 1. The number of phenols is 1. The van der Waals surface area contributed by atoms with Crippen LogP contribution in [0.3, 0.4) is 0 Å². The van der Waals surface area contributed by atoms with E-state index in [4.69, 9.17) is 10.2 Å². The molecule has 0 saturated heterocycles. The first-order valence-electron chi connectivity index (χ1n) is 6.89. The molecule has 0 saturated carbocycles. The van der Waals surface area contributed by atoms with E-state index in [1.165, 1.54) is 12.1 Å². The van der Waals surface area contributed by atoms with Crippen LogP contribution in [0.5, 0.6) is 5.75 Å². The first-order chi connectivity index (χ1) is 10.5. The van der Waals surface area contributed by atoms with Crippen molar-refractivity contribution >= 4 is 5.97 Å². The molecule has 2 rings (SSSR count). The molecule has 0 heterocycles. The molecular weight excluding hydrogens is 282 g/mol. The molecule has 2 aromatic rings. The minimum atomic E-state index is -1.11. The molecule has 4 N–H and O–H groups in total. The van der Waals surface area contributed by atoms with E-state index in [0.717, 1.165) is 5.56 Å². The van der Waals surface area contributed by atoms with Crippen molar-refractivity contribution in [2.24, 2.45) is 0 Å². The second-order valence-electron chi connectivity index (χ2n) is 4.76. The van der Waals surface area contributed by atoms with Crippen LogP contribution in [0.1, 0.15) is 28.9 Å². The SMILES string of the molecule is CN[C@H](C)[C@H](O)c1ccccc1.O=C(O)c1ccccc1O. The van der Waals surface area contributed by atoms with Crippen molar-refractivity contribution in [3.8, 4) is 5.75 Å². The van der Waals surface area contributed by atoms with E-state index in [0.29, 0.717) is 0 Å². The van der Waals surface area contributed by atoms with Gasteiger partial charge in [0.05, 0.1) is 6.10 Å². The summed E-state index contributed by atoms with van der Waals surface area (Å²) in [6.07, 6.45) is -0.420. The van der Waals surface area contributed by atoms with Crippen LogP contribution in [0.4, 0.5) is 0 Å². The van der Waals surface area contributed by atoms with Crippen LogP contribution in [0.25, 0.3) is 0 Å². The number of hydrogen-bond donors (Lipinski definition) is 4. The Morgan fingerprint density at radius 1 is 1.05 bits per heavy atom. The van der Waals surface area contributed by atoms with Crippen molar-refractivity contribution in [3.05, 3.63) is 65.7 Å². The van der Waals surface area contributed by atoms with E-state index in [2.05, 4.69) is 5.32 Å². The molecule has 2 aromatic carbocycles. The van der Waals surface area contributed by atoms with Crippen LogP contribution < -0.4 is 5.32 Å². The molecule has 22 heavy (non-hydrogen) atoms. The first kappa shape index (κ1) is 17.7. The van der Waals surface area contributed by atoms with Gasteiger partial charge in [0, 0.05) is 6.04 Å². The molecule has 2 atom stereocenters. The fourth-order valence-electron chi connectivity index (χ4n) is 1.75. The lowest BCUT2D eigenvalue weighted by molar-refractivity contribution is 0.0693. The van der Waals surface area contributed by atoms with Gasteiger partial charge in [-0.3, -0.25) is 0 Å². The summed E-state index contributed by atoms with van der Waals surface area (Å²) in [6, 6.07) is 15.6. The van der Waals surface area contributed by atoms with Crippen LogP contribution >= 0.6 is 0 Å². The van der Waals surface area contributed by atoms with Gasteiger partial charge < -0.3 is 20.6 Å². The summed E-state index contributed by atoms with van der Waals surface area (Å²) in [5.41, 5.74) is 0.891. The van der Waals surface area contributed by atoms with Gasteiger partial charge in [0.1, 0.15) is 11.3 Å². The summed E-state index contributed by atoms with van der Waals surface area (Å²) >= 11 is 0. The second kappa shape index (κ2) is 8.81. The highest BCUT2D eigenvalue weighted by Gasteiger charge is 2.12. The van der Waals surface area contributed by atoms with E-state index in [-0.39, 0.29) is 17.4 Å². The normalized spacial score (nSPS) is 12.7. The summed E-state index contributed by atoms with van der Waals surface area (Å²) in [5, 5.41) is 30.0. The van der Waals surface area contributed by atoms with E-state index in [1.54, 1.807) is 12.1 Å². The number of aromatic carboxylic acids is 1. The van der Waals surface area contributed by atoms with E-state index in [9.17, 15) is 9.90 Å². The number of hydrogen-bond acceptors (Lipinski definition) is 4. The third kappa shape index (κ3) is 5.20. The molecule has 0 aliphatic rings. The van der Waals surface area contributed by atoms with Crippen LogP contribution in [-0.2, 0) is 0 Å². The van der Waals surface area contributed by atoms with Gasteiger partial charge in [0.25, 0.3) is 0 Å². The van der Waals surface area contributed by atoms with Crippen molar-refractivity contribution in [1.82, 2.24) is 5.32 Å². The second-order valence-corrected chi connectivity index (χ2v) is 4.76. The molecule has 0 fully saturated rings. The Balaban J connectivity index is 0.000000224. The zero-order chi connectivity index (χ0) is 16.5. The van der Waals surface area contributed by atoms with Crippen LogP contribution in [0.15, 0.2) is 54.6 Å². The molecule has 5 nitrogen and oxygen atoms in total. The lowest BCUT2D eigenvalue weighted by Gasteiger charge is -2.17. The molecule has 0 unspecified atom stereocenters. The van der Waals surface area contributed by atoms with Gasteiger partial charge in [0.15, 0.2) is 0 Å². The maximum Gasteiger partial charge on any atom is 0.339 e. The molecule has 0 radical (unpaired) electrons. The molecule has 0 bridgehead atoms. The molecular formula is C17H21NO4. The number of para-hydroxylation sites is 1. The van der Waals surface area contributed by atoms with E-state index >= 15 is 0 Å². The summed E-state index contributed by atoms with van der Waals surface area (Å²) in [7, 11) is 1.84. The summed E-state index contributed by atoms with van der Waals surface area (Å²) in [4.78, 5) is 10.3. The van der Waals surface area contributed by atoms with Gasteiger partial charge in [-0.05, 0) is 31.7 Å². The maximum absolute atomic E-state index is 10.3. The molecule has 0 spiro atoms. The lowest BCUT2D eigenvalue weighted by Crippen LogP contribution is -2.28. The first-order valence-corrected chi connectivity index (χ1v) is 6.89. The number of rotatable bonds is 4. The highest BCUT2D eigenvalue weighted by atomic mass is 16.4. The van der Waals surface area contributed by atoms with Gasteiger partial charge in [-0.2, -0.15) is 0 Å². The predicted octanol–water partition coefficient (Wildman–Crippen LogP) is 2.42. The monoisotopic (exact) mass is 303 g/mol. The fraction of sp³-hybridized carbons (Fsp3) is 0.235. The molecule has 0 aliphatic heterocycles. The van der Waals surface area contributed by atoms with Crippen LogP contribution in [-0.4, -0.2) is 34.4 Å². The van der Waals surface area contributed by atoms with Gasteiger partial charge in [-0.15, -0.1) is 0 Å². The minimum absolute atomic E-state index is 0.0671. The highest BCUT2D eigenvalue weighted by Crippen LogP contribution is 2.15. The average Bonchev–Trinajstić information content (AvgIpc) is 2.55. The molecule has 5 heteroatoms. The van der Waals surface area contributed by atoms with Crippen molar-refractivity contribution in [3.63, 3.8) is 0 Å².